The number of benzene rings is 1. The molecular weight excluding hydrogens is 220 g/mol. The topological polar surface area (TPSA) is 67.4 Å². The van der Waals surface area contributed by atoms with Crippen molar-refractivity contribution in [2.75, 3.05) is 25.5 Å². The van der Waals surface area contributed by atoms with E-state index in [0.29, 0.717) is 17.9 Å². The second kappa shape index (κ2) is 6.65. The van der Waals surface area contributed by atoms with Crippen LogP contribution in [0.25, 0.3) is 0 Å². The van der Waals surface area contributed by atoms with Crippen LogP contribution in [0.3, 0.4) is 0 Å². The van der Waals surface area contributed by atoms with Gasteiger partial charge in [0.25, 0.3) is 0 Å². The Labute approximate surface area is 100 Å². The van der Waals surface area contributed by atoms with Crippen molar-refractivity contribution in [1.82, 2.24) is 5.32 Å². The van der Waals surface area contributed by atoms with Gasteiger partial charge in [-0.25, -0.2) is 4.79 Å². The van der Waals surface area contributed by atoms with E-state index < -0.39 is 5.97 Å². The fourth-order valence-electron chi connectivity index (χ4n) is 1.33. The molecule has 5 nitrogen and oxygen atoms in total. The summed E-state index contributed by atoms with van der Waals surface area (Å²) in [6, 6.07) is 6.75. The molecule has 0 spiro atoms. The zero-order valence-corrected chi connectivity index (χ0v) is 9.95. The Kier molecular flexibility index (Phi) is 5.16. The van der Waals surface area contributed by atoms with Gasteiger partial charge < -0.3 is 15.4 Å². The highest BCUT2D eigenvalue weighted by Crippen LogP contribution is 2.15. The maximum absolute atomic E-state index is 11.6. The van der Waals surface area contributed by atoms with Gasteiger partial charge in [0, 0.05) is 0 Å². The largest absolute Gasteiger partial charge is 0.462 e. The number of rotatable bonds is 5. The van der Waals surface area contributed by atoms with Crippen LogP contribution in [-0.4, -0.2) is 32.1 Å². The third-order valence-corrected chi connectivity index (χ3v) is 2.03. The van der Waals surface area contributed by atoms with E-state index in [1.54, 1.807) is 38.2 Å². The normalized spacial score (nSPS) is 9.76. The Morgan fingerprint density at radius 2 is 2.00 bits per heavy atom. The summed E-state index contributed by atoms with van der Waals surface area (Å²) in [5.74, 6) is -0.642. The maximum Gasteiger partial charge on any atom is 0.340 e. The second-order valence-electron chi connectivity index (χ2n) is 3.34. The highest BCUT2D eigenvalue weighted by Gasteiger charge is 2.13. The molecule has 0 radical (unpaired) electrons. The predicted octanol–water partition coefficient (Wildman–Crippen LogP) is 1.02. The molecule has 0 saturated carbocycles. The van der Waals surface area contributed by atoms with E-state index in [1.807, 2.05) is 0 Å². The molecule has 1 rings (SSSR count). The first-order valence-corrected chi connectivity index (χ1v) is 5.39. The minimum Gasteiger partial charge on any atom is -0.462 e. The monoisotopic (exact) mass is 236 g/mol. The van der Waals surface area contributed by atoms with Crippen molar-refractivity contribution in [3.63, 3.8) is 0 Å². The second-order valence-corrected chi connectivity index (χ2v) is 3.34. The zero-order valence-electron chi connectivity index (χ0n) is 9.95. The molecular formula is C12H16N2O3. The van der Waals surface area contributed by atoms with E-state index in [9.17, 15) is 9.59 Å². The summed E-state index contributed by atoms with van der Waals surface area (Å²) in [5.41, 5.74) is 0.824. The van der Waals surface area contributed by atoms with Crippen LogP contribution in [-0.2, 0) is 9.53 Å². The Morgan fingerprint density at radius 1 is 1.29 bits per heavy atom. The molecule has 0 fully saturated rings. The number of amides is 1. The third-order valence-electron chi connectivity index (χ3n) is 2.03. The van der Waals surface area contributed by atoms with Crippen molar-refractivity contribution in [1.29, 1.82) is 0 Å². The van der Waals surface area contributed by atoms with Crippen LogP contribution in [0.15, 0.2) is 24.3 Å². The Morgan fingerprint density at radius 3 is 2.65 bits per heavy atom. The number of hydrogen-bond acceptors (Lipinski definition) is 4. The molecule has 0 aliphatic heterocycles. The molecule has 0 saturated heterocycles. The van der Waals surface area contributed by atoms with Gasteiger partial charge >= 0.3 is 5.97 Å². The third kappa shape index (κ3) is 3.88. The number of nitrogens with one attached hydrogen (secondary N) is 2. The number of para-hydroxylation sites is 1. The highest BCUT2D eigenvalue weighted by molar-refractivity contribution is 6.01. The van der Waals surface area contributed by atoms with Crippen LogP contribution < -0.4 is 10.6 Å². The summed E-state index contributed by atoms with van der Waals surface area (Å²) in [7, 11) is 1.68. The lowest BCUT2D eigenvalue weighted by Gasteiger charge is -2.09. The van der Waals surface area contributed by atoms with Gasteiger partial charge in [-0.15, -0.1) is 0 Å². The molecule has 92 valence electrons. The molecule has 0 unspecified atom stereocenters. The Balaban J connectivity index is 2.84. The van der Waals surface area contributed by atoms with E-state index in [1.165, 1.54) is 0 Å². The zero-order chi connectivity index (χ0) is 12.7. The smallest absolute Gasteiger partial charge is 0.340 e. The van der Waals surface area contributed by atoms with E-state index >= 15 is 0 Å². The molecule has 0 bridgehead atoms. The number of carbonyl (C=O) groups is 2. The fourth-order valence-corrected chi connectivity index (χ4v) is 1.33. The lowest BCUT2D eigenvalue weighted by Crippen LogP contribution is -2.26. The summed E-state index contributed by atoms with van der Waals surface area (Å²) >= 11 is 0. The van der Waals surface area contributed by atoms with Gasteiger partial charge in [-0.3, -0.25) is 4.79 Å². The van der Waals surface area contributed by atoms with Gasteiger partial charge in [0.15, 0.2) is 0 Å². The maximum atomic E-state index is 11.6. The van der Waals surface area contributed by atoms with Crippen molar-refractivity contribution in [2.24, 2.45) is 0 Å². The van der Waals surface area contributed by atoms with Crippen LogP contribution in [0.1, 0.15) is 17.3 Å². The van der Waals surface area contributed by atoms with Crippen LogP contribution in [0.5, 0.6) is 0 Å². The molecule has 0 aliphatic rings. The first-order valence-electron chi connectivity index (χ1n) is 5.39. The molecule has 5 heteroatoms. The quantitative estimate of drug-likeness (QED) is 0.749. The molecule has 0 aliphatic carbocycles. The van der Waals surface area contributed by atoms with Crippen molar-refractivity contribution < 1.29 is 14.3 Å². The van der Waals surface area contributed by atoms with E-state index in [2.05, 4.69) is 10.6 Å². The lowest BCUT2D eigenvalue weighted by molar-refractivity contribution is -0.115. The minimum atomic E-state index is -0.437. The van der Waals surface area contributed by atoms with Crippen LogP contribution in [0.4, 0.5) is 5.69 Å². The van der Waals surface area contributed by atoms with Gasteiger partial charge in [0.05, 0.1) is 24.4 Å². The molecule has 1 aromatic rings. The Bertz CT molecular complexity index is 404. The van der Waals surface area contributed by atoms with Crippen LogP contribution >= 0.6 is 0 Å². The van der Waals surface area contributed by atoms with Gasteiger partial charge in [0.1, 0.15) is 0 Å². The van der Waals surface area contributed by atoms with Gasteiger partial charge in [-0.2, -0.15) is 0 Å². The number of esters is 1. The van der Waals surface area contributed by atoms with Gasteiger partial charge in [-0.1, -0.05) is 12.1 Å². The summed E-state index contributed by atoms with van der Waals surface area (Å²) in [6.07, 6.45) is 0. The van der Waals surface area contributed by atoms with Gasteiger partial charge in [-0.05, 0) is 26.1 Å². The molecule has 1 amide bonds. The molecule has 17 heavy (non-hydrogen) atoms. The lowest BCUT2D eigenvalue weighted by atomic mass is 10.2. The molecule has 0 atom stereocenters. The minimum absolute atomic E-state index is 0.192. The first kappa shape index (κ1) is 13.2. The summed E-state index contributed by atoms with van der Waals surface area (Å²) in [6.45, 7) is 2.23. The summed E-state index contributed by atoms with van der Waals surface area (Å²) in [4.78, 5) is 23.0. The van der Waals surface area contributed by atoms with Crippen molar-refractivity contribution in [3.8, 4) is 0 Å². The summed E-state index contributed by atoms with van der Waals surface area (Å²) < 4.78 is 4.90. The number of hydrogen-bond donors (Lipinski definition) is 2. The van der Waals surface area contributed by atoms with E-state index in [0.717, 1.165) is 0 Å². The first-order chi connectivity index (χ1) is 8.19. The van der Waals surface area contributed by atoms with Crippen LogP contribution in [0, 0.1) is 0 Å². The molecule has 1 aromatic carbocycles. The molecule has 0 heterocycles. The number of ether oxygens (including phenoxy) is 1. The average Bonchev–Trinajstić information content (AvgIpc) is 2.30. The SMILES string of the molecule is CCOC(=O)c1ccccc1NC(=O)CNC. The van der Waals surface area contributed by atoms with E-state index in [4.69, 9.17) is 4.74 Å². The number of likely N-dealkylation sites (N-methyl/N-ethyl adjacent to an activating group) is 1. The average molecular weight is 236 g/mol. The predicted molar refractivity (Wildman–Crippen MR) is 65.0 cm³/mol. The molecule has 0 aromatic heterocycles. The van der Waals surface area contributed by atoms with Crippen molar-refractivity contribution in [2.45, 2.75) is 6.92 Å². The number of carbonyl (C=O) groups excluding carboxylic acids is 2. The van der Waals surface area contributed by atoms with Crippen molar-refractivity contribution in [3.05, 3.63) is 29.8 Å². The summed E-state index contributed by atoms with van der Waals surface area (Å²) in [5, 5.41) is 5.38. The fraction of sp³-hybridized carbons (Fsp3) is 0.333. The standard InChI is InChI=1S/C12H16N2O3/c1-3-17-12(16)9-6-4-5-7-10(9)14-11(15)8-13-2/h4-7,13H,3,8H2,1-2H3,(H,14,15). The van der Waals surface area contributed by atoms with Crippen molar-refractivity contribution >= 4 is 17.6 Å². The Hall–Kier alpha value is -1.88. The van der Waals surface area contributed by atoms with Crippen LogP contribution in [0.2, 0.25) is 0 Å². The van der Waals surface area contributed by atoms with E-state index in [-0.39, 0.29) is 12.5 Å². The molecule has 2 N–H and O–H groups in total. The number of anilines is 1. The highest BCUT2D eigenvalue weighted by atomic mass is 16.5. The van der Waals surface area contributed by atoms with Gasteiger partial charge in [0.2, 0.25) is 5.91 Å².